The molecule has 0 aliphatic heterocycles. The predicted molar refractivity (Wildman–Crippen MR) is 117 cm³/mol. The number of phenolic OH excluding ortho intramolecular Hbond substituents is 1. The molecule has 0 aliphatic carbocycles. The number of ether oxygens (including phenoxy) is 1. The third kappa shape index (κ3) is 6.12. The number of hydrogen-bond acceptors (Lipinski definition) is 5. The van der Waals surface area contributed by atoms with Gasteiger partial charge in [0.15, 0.2) is 16.3 Å². The summed E-state index contributed by atoms with van der Waals surface area (Å²) >= 11 is 8.46. The summed E-state index contributed by atoms with van der Waals surface area (Å²) in [6.45, 7) is 2.54. The third-order valence-corrected chi connectivity index (χ3v) is 5.94. The van der Waals surface area contributed by atoms with Crippen LogP contribution >= 0.6 is 35.3 Å². The molecule has 1 heterocycles. The first kappa shape index (κ1) is 21.5. The van der Waals surface area contributed by atoms with Crippen molar-refractivity contribution >= 4 is 40.3 Å². The lowest BCUT2D eigenvalue weighted by molar-refractivity contribution is -0.159. The molecule has 2 aromatic carbocycles. The van der Waals surface area contributed by atoms with Gasteiger partial charge in [-0.2, -0.15) is 8.78 Å². The number of aryl methyl sites for hydroxylation is 1. The van der Waals surface area contributed by atoms with Crippen molar-refractivity contribution in [2.75, 3.05) is 5.75 Å². The Labute approximate surface area is 180 Å². The lowest BCUT2D eigenvalue weighted by atomic mass is 10.2. The molecule has 4 nitrogen and oxygen atoms in total. The normalized spacial score (nSPS) is 12.2. The van der Waals surface area contributed by atoms with Crippen LogP contribution in [0, 0.1) is 6.92 Å². The van der Waals surface area contributed by atoms with E-state index in [0.29, 0.717) is 28.2 Å². The van der Waals surface area contributed by atoms with Crippen molar-refractivity contribution in [1.29, 1.82) is 0 Å². The Morgan fingerprint density at radius 3 is 2.66 bits per heavy atom. The number of hydrogen-bond donors (Lipinski definition) is 1. The van der Waals surface area contributed by atoms with Gasteiger partial charge >= 0.3 is 6.11 Å². The Hall–Kier alpha value is -2.23. The molecule has 0 saturated carbocycles. The average molecular weight is 453 g/mol. The van der Waals surface area contributed by atoms with Crippen molar-refractivity contribution in [2.24, 2.45) is 4.99 Å². The van der Waals surface area contributed by atoms with Crippen LogP contribution in [-0.2, 0) is 0 Å². The average Bonchev–Trinajstić information content (AvgIpc) is 3.01. The first-order valence-electron chi connectivity index (χ1n) is 8.56. The summed E-state index contributed by atoms with van der Waals surface area (Å²) in [5, 5.41) is 10.1. The molecule has 0 amide bonds. The second-order valence-electron chi connectivity index (χ2n) is 6.16. The Morgan fingerprint density at radius 2 is 2.00 bits per heavy atom. The van der Waals surface area contributed by atoms with Gasteiger partial charge in [-0.15, -0.1) is 23.1 Å². The minimum absolute atomic E-state index is 0.290. The van der Waals surface area contributed by atoms with Crippen molar-refractivity contribution in [2.45, 2.75) is 24.9 Å². The zero-order chi connectivity index (χ0) is 21.0. The monoisotopic (exact) mass is 452 g/mol. The van der Waals surface area contributed by atoms with E-state index < -0.39 is 6.11 Å². The number of aromatic hydroxyl groups is 1. The van der Waals surface area contributed by atoms with Gasteiger partial charge in [-0.05, 0) is 31.2 Å². The van der Waals surface area contributed by atoms with Crippen LogP contribution in [0.25, 0.3) is 5.69 Å². The molecular formula is C20H18F2N2O2S3. The van der Waals surface area contributed by atoms with E-state index in [1.807, 2.05) is 43.5 Å². The van der Waals surface area contributed by atoms with E-state index in [4.69, 9.17) is 12.2 Å². The zero-order valence-corrected chi connectivity index (χ0v) is 18.1. The molecular weight excluding hydrogens is 434 g/mol. The largest absolute Gasteiger partial charge is 0.504 e. The summed E-state index contributed by atoms with van der Waals surface area (Å²) in [5.41, 5.74) is 0.566. The van der Waals surface area contributed by atoms with Crippen LogP contribution in [-0.4, -0.2) is 26.5 Å². The van der Waals surface area contributed by atoms with Gasteiger partial charge in [-0.1, -0.05) is 30.4 Å². The number of phenols is 1. The lowest BCUT2D eigenvalue weighted by Gasteiger charge is -2.14. The quantitative estimate of drug-likeness (QED) is 0.393. The fourth-order valence-corrected chi connectivity index (χ4v) is 4.34. The maximum absolute atomic E-state index is 13.0. The second-order valence-corrected chi connectivity index (χ2v) is 8.90. The number of thioether (sulfide) groups is 1. The van der Waals surface area contributed by atoms with E-state index in [0.717, 1.165) is 9.77 Å². The van der Waals surface area contributed by atoms with Crippen LogP contribution in [0.5, 0.6) is 11.5 Å². The fraction of sp³-hybridized carbons (Fsp3) is 0.200. The second kappa shape index (κ2) is 9.06. The van der Waals surface area contributed by atoms with Crippen molar-refractivity contribution < 1.29 is 18.6 Å². The third-order valence-electron chi connectivity index (χ3n) is 3.60. The van der Waals surface area contributed by atoms with Crippen LogP contribution in [0.15, 0.2) is 64.6 Å². The Morgan fingerprint density at radius 1 is 1.28 bits per heavy atom. The molecule has 3 aromatic rings. The Kier molecular flexibility index (Phi) is 6.71. The van der Waals surface area contributed by atoms with E-state index in [9.17, 15) is 13.9 Å². The van der Waals surface area contributed by atoms with Gasteiger partial charge in [0.2, 0.25) is 0 Å². The van der Waals surface area contributed by atoms with Gasteiger partial charge in [0.05, 0.1) is 11.4 Å². The SMILES string of the molecule is Cc1cn(-c2ccc(OC(C)(F)F)c(O)c2)c(=NC(=S)CSc2ccccc2)s1. The molecule has 0 fully saturated rings. The van der Waals surface area contributed by atoms with Crippen molar-refractivity contribution in [3.63, 3.8) is 0 Å². The van der Waals surface area contributed by atoms with Crippen LogP contribution in [0.4, 0.5) is 8.78 Å². The fourth-order valence-electron chi connectivity index (χ4n) is 2.45. The highest BCUT2D eigenvalue weighted by molar-refractivity contribution is 8.01. The molecule has 0 saturated heterocycles. The van der Waals surface area contributed by atoms with Crippen LogP contribution in [0.2, 0.25) is 0 Å². The van der Waals surface area contributed by atoms with Gasteiger partial charge in [-0.3, -0.25) is 4.57 Å². The molecule has 1 N–H and O–H groups in total. The molecule has 0 atom stereocenters. The van der Waals surface area contributed by atoms with E-state index in [2.05, 4.69) is 9.73 Å². The summed E-state index contributed by atoms with van der Waals surface area (Å²) in [4.78, 5) is 7.80. The Bertz CT molecular complexity index is 1070. The van der Waals surface area contributed by atoms with Gasteiger partial charge in [0.25, 0.3) is 0 Å². The number of benzene rings is 2. The standard InChI is InChI=1S/C20H18F2N2O2S3/c1-13-11-24(14-8-9-17(16(25)10-14)26-20(2,21)22)19(29-13)23-18(27)12-28-15-6-4-3-5-7-15/h3-11,25H,12H2,1-2H3. The van der Waals surface area contributed by atoms with E-state index in [1.165, 1.54) is 23.5 Å². The van der Waals surface area contributed by atoms with Crippen molar-refractivity contribution in [3.05, 3.63) is 64.4 Å². The summed E-state index contributed by atoms with van der Waals surface area (Å²) in [6.07, 6.45) is -1.53. The summed E-state index contributed by atoms with van der Waals surface area (Å²) in [7, 11) is 0. The molecule has 3 rings (SSSR count). The topological polar surface area (TPSA) is 46.8 Å². The van der Waals surface area contributed by atoms with Crippen LogP contribution in [0.3, 0.4) is 0 Å². The number of nitrogens with zero attached hydrogens (tertiary/aromatic N) is 2. The molecule has 0 spiro atoms. The molecule has 0 aliphatic rings. The van der Waals surface area contributed by atoms with Crippen molar-refractivity contribution in [1.82, 2.24) is 4.57 Å². The van der Waals surface area contributed by atoms with E-state index >= 15 is 0 Å². The highest BCUT2D eigenvalue weighted by Crippen LogP contribution is 2.32. The van der Waals surface area contributed by atoms with Gasteiger partial charge in [0.1, 0.15) is 4.99 Å². The first-order valence-corrected chi connectivity index (χ1v) is 10.8. The number of thiazole rings is 1. The highest BCUT2D eigenvalue weighted by atomic mass is 32.2. The van der Waals surface area contributed by atoms with E-state index in [-0.39, 0.29) is 11.5 Å². The number of alkyl halides is 2. The predicted octanol–water partition coefficient (Wildman–Crippen LogP) is 5.56. The van der Waals surface area contributed by atoms with Crippen molar-refractivity contribution in [3.8, 4) is 17.2 Å². The smallest absolute Gasteiger partial charge is 0.395 e. The number of rotatable bonds is 6. The van der Waals surface area contributed by atoms with Gasteiger partial charge < -0.3 is 9.84 Å². The molecule has 1 aromatic heterocycles. The molecule has 0 bridgehead atoms. The van der Waals surface area contributed by atoms with E-state index in [1.54, 1.807) is 22.4 Å². The molecule has 152 valence electrons. The van der Waals surface area contributed by atoms with Gasteiger partial charge in [0, 0.05) is 29.0 Å². The first-order chi connectivity index (χ1) is 13.7. The van der Waals surface area contributed by atoms with Crippen LogP contribution < -0.4 is 9.54 Å². The number of halogens is 2. The summed E-state index contributed by atoms with van der Waals surface area (Å²) in [5.74, 6) is -0.115. The maximum atomic E-state index is 13.0. The van der Waals surface area contributed by atoms with Gasteiger partial charge in [-0.25, -0.2) is 4.99 Å². The Balaban J connectivity index is 1.84. The zero-order valence-electron chi connectivity index (χ0n) is 15.6. The molecule has 29 heavy (non-hydrogen) atoms. The molecule has 0 radical (unpaired) electrons. The number of thiocarbonyl (C=S) groups is 1. The summed E-state index contributed by atoms with van der Waals surface area (Å²) in [6, 6.07) is 14.1. The molecule has 0 unspecified atom stereocenters. The molecule has 9 heteroatoms. The summed E-state index contributed by atoms with van der Waals surface area (Å²) < 4.78 is 32.3. The maximum Gasteiger partial charge on any atom is 0.395 e. The minimum Gasteiger partial charge on any atom is -0.504 e. The minimum atomic E-state index is -3.38. The lowest BCUT2D eigenvalue weighted by Crippen LogP contribution is -2.19. The van der Waals surface area contributed by atoms with Crippen LogP contribution in [0.1, 0.15) is 11.8 Å². The number of aromatic nitrogens is 1. The highest BCUT2D eigenvalue weighted by Gasteiger charge is 2.25.